The molecule has 0 radical (unpaired) electrons. The molecule has 1 N–H and O–H groups in total. The molecule has 8 nitrogen and oxygen atoms in total. The van der Waals surface area contributed by atoms with E-state index in [9.17, 15) is 20.0 Å². The predicted octanol–water partition coefficient (Wildman–Crippen LogP) is 6.07. The van der Waals surface area contributed by atoms with Crippen molar-refractivity contribution in [3.63, 3.8) is 0 Å². The summed E-state index contributed by atoms with van der Waals surface area (Å²) in [5.74, 6) is -0.754. The molecule has 0 amide bonds. The van der Waals surface area contributed by atoms with Crippen molar-refractivity contribution in [1.82, 2.24) is 9.47 Å². The lowest BCUT2D eigenvalue weighted by molar-refractivity contribution is -0.384. The smallest absolute Gasteiger partial charge is 0.271 e. The molecule has 1 saturated heterocycles. The Morgan fingerprint density at radius 3 is 2.35 bits per heavy atom. The standard InChI is InChI=1S/C29H28N4O4/c1-20(34)32-26-18-24(33(36)37)14-15-25(26)27(29(32)35)28(22-8-4-2-5-9-22)30-23-12-10-21(11-13-23)19-31-16-6-3-7-17-31/h2,4-5,8-15,18,35H,3,6-7,16-17,19H2,1H3. The minimum atomic E-state index is -0.523. The quantitative estimate of drug-likeness (QED) is 0.198. The van der Waals surface area contributed by atoms with Crippen molar-refractivity contribution in [3.8, 4) is 5.88 Å². The maximum absolute atomic E-state index is 12.5. The molecule has 0 aliphatic carbocycles. The van der Waals surface area contributed by atoms with Gasteiger partial charge in [-0.15, -0.1) is 0 Å². The Kier molecular flexibility index (Phi) is 6.83. The number of nitro benzene ring substituents is 1. The van der Waals surface area contributed by atoms with Crippen molar-refractivity contribution in [1.29, 1.82) is 0 Å². The average Bonchev–Trinajstić information content (AvgIpc) is 3.20. The number of fused-ring (bicyclic) bond motifs is 1. The van der Waals surface area contributed by atoms with Gasteiger partial charge >= 0.3 is 0 Å². The van der Waals surface area contributed by atoms with Gasteiger partial charge in [0.15, 0.2) is 0 Å². The Balaban J connectivity index is 1.62. The summed E-state index contributed by atoms with van der Waals surface area (Å²) < 4.78 is 1.10. The summed E-state index contributed by atoms with van der Waals surface area (Å²) in [5.41, 5.74) is 3.58. The van der Waals surface area contributed by atoms with Crippen LogP contribution in [0.4, 0.5) is 11.4 Å². The highest BCUT2D eigenvalue weighted by atomic mass is 16.6. The molecule has 2 heterocycles. The van der Waals surface area contributed by atoms with Crippen LogP contribution in [0.2, 0.25) is 0 Å². The molecule has 1 fully saturated rings. The number of aliphatic imine (C=N–C) groups is 1. The van der Waals surface area contributed by atoms with Crippen LogP contribution in [0.1, 0.15) is 47.7 Å². The van der Waals surface area contributed by atoms with Crippen LogP contribution >= 0.6 is 0 Å². The second-order valence-corrected chi connectivity index (χ2v) is 9.34. The second-order valence-electron chi connectivity index (χ2n) is 9.34. The van der Waals surface area contributed by atoms with Crippen LogP contribution in [0, 0.1) is 10.1 Å². The summed E-state index contributed by atoms with van der Waals surface area (Å²) in [6.45, 7) is 4.45. The number of benzene rings is 3. The number of hydrogen-bond donors (Lipinski definition) is 1. The van der Waals surface area contributed by atoms with Crippen LogP contribution in [0.15, 0.2) is 77.8 Å². The molecule has 0 spiro atoms. The second kappa shape index (κ2) is 10.4. The lowest BCUT2D eigenvalue weighted by Gasteiger charge is -2.26. The van der Waals surface area contributed by atoms with Gasteiger partial charge in [0.05, 0.1) is 27.4 Å². The van der Waals surface area contributed by atoms with Gasteiger partial charge in [-0.3, -0.25) is 19.8 Å². The van der Waals surface area contributed by atoms with Crippen molar-refractivity contribution in [3.05, 3.63) is 99.6 Å². The number of carbonyl (C=O) groups excluding carboxylic acids is 1. The number of aromatic hydroxyl groups is 1. The zero-order chi connectivity index (χ0) is 25.9. The van der Waals surface area contributed by atoms with E-state index in [1.165, 1.54) is 43.9 Å². The predicted molar refractivity (Wildman–Crippen MR) is 144 cm³/mol. The minimum Gasteiger partial charge on any atom is -0.494 e. The summed E-state index contributed by atoms with van der Waals surface area (Å²) >= 11 is 0. The number of nitrogens with zero attached hydrogens (tertiary/aromatic N) is 4. The first-order chi connectivity index (χ1) is 17.9. The summed E-state index contributed by atoms with van der Waals surface area (Å²) in [6, 6.07) is 21.7. The lowest BCUT2D eigenvalue weighted by Crippen LogP contribution is -2.28. The molecule has 4 aromatic rings. The number of non-ortho nitro benzene ring substituents is 1. The Morgan fingerprint density at radius 1 is 1.00 bits per heavy atom. The van der Waals surface area contributed by atoms with E-state index in [2.05, 4.69) is 17.0 Å². The van der Waals surface area contributed by atoms with Crippen molar-refractivity contribution in [2.24, 2.45) is 4.99 Å². The van der Waals surface area contributed by atoms with E-state index in [0.29, 0.717) is 22.3 Å². The van der Waals surface area contributed by atoms with Crippen LogP contribution in [0.5, 0.6) is 5.88 Å². The number of hydrogen-bond acceptors (Lipinski definition) is 6. The molecular formula is C29H28N4O4. The molecule has 37 heavy (non-hydrogen) atoms. The third-order valence-corrected chi connectivity index (χ3v) is 6.77. The maximum Gasteiger partial charge on any atom is 0.271 e. The van der Waals surface area contributed by atoms with Gasteiger partial charge in [0.2, 0.25) is 11.8 Å². The van der Waals surface area contributed by atoms with Gasteiger partial charge in [0.25, 0.3) is 5.69 Å². The number of rotatable bonds is 6. The molecule has 0 atom stereocenters. The Labute approximate surface area is 214 Å². The Bertz CT molecular complexity index is 1480. The maximum atomic E-state index is 12.5. The SMILES string of the molecule is CC(=O)n1c(O)c(C(=Nc2ccc(CN3CCCCC3)cc2)c2ccccc2)c2ccc([N+](=O)[O-])cc21. The highest BCUT2D eigenvalue weighted by Gasteiger charge is 2.25. The van der Waals surface area contributed by atoms with Crippen molar-refractivity contribution in [2.45, 2.75) is 32.7 Å². The summed E-state index contributed by atoms with van der Waals surface area (Å²) in [6.07, 6.45) is 3.78. The van der Waals surface area contributed by atoms with E-state index in [4.69, 9.17) is 4.99 Å². The van der Waals surface area contributed by atoms with Gasteiger partial charge in [0.1, 0.15) is 0 Å². The number of piperidine rings is 1. The number of carbonyl (C=O) groups is 1. The van der Waals surface area contributed by atoms with Crippen molar-refractivity contribution >= 4 is 33.9 Å². The monoisotopic (exact) mass is 496 g/mol. The third-order valence-electron chi connectivity index (χ3n) is 6.77. The Morgan fingerprint density at radius 2 is 1.70 bits per heavy atom. The van der Waals surface area contributed by atoms with E-state index in [1.54, 1.807) is 6.07 Å². The molecular weight excluding hydrogens is 468 g/mol. The molecule has 1 aliphatic heterocycles. The van der Waals surface area contributed by atoms with E-state index >= 15 is 0 Å². The van der Waals surface area contributed by atoms with Gasteiger partial charge in [-0.1, -0.05) is 48.9 Å². The zero-order valence-electron chi connectivity index (χ0n) is 20.6. The molecule has 188 valence electrons. The molecule has 0 unspecified atom stereocenters. The van der Waals surface area contributed by atoms with Crippen LogP contribution in [0.25, 0.3) is 10.9 Å². The minimum absolute atomic E-state index is 0.165. The van der Waals surface area contributed by atoms with Gasteiger partial charge in [0, 0.05) is 36.6 Å². The fourth-order valence-corrected chi connectivity index (χ4v) is 4.97. The topological polar surface area (TPSA) is 101 Å². The van der Waals surface area contributed by atoms with Crippen LogP contribution in [0.3, 0.4) is 0 Å². The van der Waals surface area contributed by atoms with Crippen LogP contribution in [-0.4, -0.2) is 44.2 Å². The van der Waals surface area contributed by atoms with E-state index in [-0.39, 0.29) is 17.1 Å². The fraction of sp³-hybridized carbons (Fsp3) is 0.241. The van der Waals surface area contributed by atoms with E-state index < -0.39 is 10.8 Å². The number of likely N-dealkylation sites (tertiary alicyclic amines) is 1. The first kappa shape index (κ1) is 24.4. The highest BCUT2D eigenvalue weighted by Crippen LogP contribution is 2.36. The van der Waals surface area contributed by atoms with E-state index in [0.717, 1.165) is 29.8 Å². The molecule has 0 saturated carbocycles. The molecule has 5 rings (SSSR count). The Hall–Kier alpha value is -4.30. The normalized spacial score (nSPS) is 14.7. The highest BCUT2D eigenvalue weighted by molar-refractivity contribution is 6.23. The number of nitro groups is 1. The average molecular weight is 497 g/mol. The summed E-state index contributed by atoms with van der Waals surface area (Å²) in [5, 5.41) is 23.1. The van der Waals surface area contributed by atoms with Gasteiger partial charge in [-0.05, 0) is 49.7 Å². The lowest BCUT2D eigenvalue weighted by atomic mass is 10.0. The van der Waals surface area contributed by atoms with Crippen LogP contribution in [-0.2, 0) is 6.54 Å². The fourth-order valence-electron chi connectivity index (χ4n) is 4.97. The van der Waals surface area contributed by atoms with Crippen molar-refractivity contribution < 1.29 is 14.8 Å². The first-order valence-electron chi connectivity index (χ1n) is 12.4. The van der Waals surface area contributed by atoms with Gasteiger partial charge in [-0.25, -0.2) is 9.56 Å². The first-order valence-corrected chi connectivity index (χ1v) is 12.4. The largest absolute Gasteiger partial charge is 0.494 e. The van der Waals surface area contributed by atoms with Crippen molar-refractivity contribution in [2.75, 3.05) is 13.1 Å². The summed E-state index contributed by atoms with van der Waals surface area (Å²) in [4.78, 5) is 30.7. The molecule has 1 aliphatic rings. The third kappa shape index (κ3) is 5.01. The molecule has 3 aromatic carbocycles. The van der Waals surface area contributed by atoms with Crippen LogP contribution < -0.4 is 0 Å². The number of aromatic nitrogens is 1. The molecule has 1 aromatic heterocycles. The summed E-state index contributed by atoms with van der Waals surface area (Å²) in [7, 11) is 0. The van der Waals surface area contributed by atoms with Gasteiger partial charge < -0.3 is 5.11 Å². The van der Waals surface area contributed by atoms with E-state index in [1.807, 2.05) is 42.5 Å². The zero-order valence-corrected chi connectivity index (χ0v) is 20.6. The molecule has 8 heteroatoms. The van der Waals surface area contributed by atoms with Gasteiger partial charge in [-0.2, -0.15) is 0 Å². The molecule has 0 bridgehead atoms.